The van der Waals surface area contributed by atoms with Crippen LogP contribution >= 0.6 is 0 Å². The molecule has 2 fully saturated rings. The first-order valence-electron chi connectivity index (χ1n) is 13.2. The molecule has 2 aliphatic carbocycles. The standard InChI is InChI=1S/C27H38N6O/c1-4-19-13-14-24-20(15-19)16-21(27(34)28-24)17-32(22-9-5-6-10-22)25(18(2)3)26-29-30-31-33(26)23-11-7-8-12-23/h13-16,18,22-23,25H,4-12,17H2,1-3H3,(H,28,34)/t25-/m1/s1. The second-order valence-corrected chi connectivity index (χ2v) is 10.6. The van der Waals surface area contributed by atoms with Crippen molar-refractivity contribution in [2.24, 2.45) is 5.92 Å². The molecule has 2 aliphatic rings. The summed E-state index contributed by atoms with van der Waals surface area (Å²) in [6.07, 6.45) is 10.6. The molecule has 0 amide bonds. The van der Waals surface area contributed by atoms with E-state index in [1.54, 1.807) is 0 Å². The fourth-order valence-corrected chi connectivity index (χ4v) is 6.16. The number of aromatic amines is 1. The summed E-state index contributed by atoms with van der Waals surface area (Å²) < 4.78 is 2.11. The van der Waals surface area contributed by atoms with Crippen LogP contribution in [0.3, 0.4) is 0 Å². The Morgan fingerprint density at radius 3 is 2.53 bits per heavy atom. The van der Waals surface area contributed by atoms with E-state index >= 15 is 0 Å². The molecular weight excluding hydrogens is 424 g/mol. The third kappa shape index (κ3) is 4.54. The van der Waals surface area contributed by atoms with Gasteiger partial charge >= 0.3 is 0 Å². The molecule has 0 aliphatic heterocycles. The van der Waals surface area contributed by atoms with Gasteiger partial charge < -0.3 is 4.98 Å². The lowest BCUT2D eigenvalue weighted by atomic mass is 9.97. The van der Waals surface area contributed by atoms with Gasteiger partial charge in [-0.25, -0.2) is 4.68 Å². The smallest absolute Gasteiger partial charge is 0.252 e. The van der Waals surface area contributed by atoms with E-state index in [0.717, 1.165) is 41.6 Å². The van der Waals surface area contributed by atoms with E-state index in [4.69, 9.17) is 0 Å². The maximum atomic E-state index is 13.2. The number of nitrogens with zero attached hydrogens (tertiary/aromatic N) is 5. The number of rotatable bonds is 8. The molecule has 2 saturated carbocycles. The van der Waals surface area contributed by atoms with E-state index in [0.29, 0.717) is 24.5 Å². The van der Waals surface area contributed by atoms with Crippen LogP contribution in [0.2, 0.25) is 0 Å². The highest BCUT2D eigenvalue weighted by Gasteiger charge is 2.36. The van der Waals surface area contributed by atoms with Crippen molar-refractivity contribution in [1.82, 2.24) is 30.1 Å². The van der Waals surface area contributed by atoms with Gasteiger partial charge in [-0.15, -0.1) is 5.10 Å². The molecule has 7 nitrogen and oxygen atoms in total. The number of aromatic nitrogens is 5. The summed E-state index contributed by atoms with van der Waals surface area (Å²) in [5.74, 6) is 1.30. The highest BCUT2D eigenvalue weighted by Crippen LogP contribution is 2.38. The molecule has 0 unspecified atom stereocenters. The third-order valence-electron chi connectivity index (χ3n) is 7.98. The minimum Gasteiger partial charge on any atom is -0.322 e. The summed E-state index contributed by atoms with van der Waals surface area (Å²) in [5.41, 5.74) is 3.04. The maximum Gasteiger partial charge on any atom is 0.252 e. The third-order valence-corrected chi connectivity index (χ3v) is 7.98. The SMILES string of the molecule is CCc1ccc2[nH]c(=O)c(CN(C3CCCC3)[C@@H](c3nnnn3C3CCCC3)C(C)C)cc2c1. The molecule has 7 heteroatoms. The van der Waals surface area contributed by atoms with Gasteiger partial charge in [0.2, 0.25) is 0 Å². The molecule has 182 valence electrons. The lowest BCUT2D eigenvalue weighted by molar-refractivity contribution is 0.0826. The Morgan fingerprint density at radius 2 is 1.82 bits per heavy atom. The Balaban J connectivity index is 1.54. The van der Waals surface area contributed by atoms with Crippen molar-refractivity contribution >= 4 is 10.9 Å². The molecule has 34 heavy (non-hydrogen) atoms. The van der Waals surface area contributed by atoms with Gasteiger partial charge in [-0.2, -0.15) is 0 Å². The molecule has 2 heterocycles. The Labute approximate surface area is 201 Å². The predicted molar refractivity (Wildman–Crippen MR) is 135 cm³/mol. The van der Waals surface area contributed by atoms with Crippen LogP contribution in [0.15, 0.2) is 29.1 Å². The number of fused-ring (bicyclic) bond motifs is 1. The quantitative estimate of drug-likeness (QED) is 0.489. The molecule has 0 radical (unpaired) electrons. The van der Waals surface area contributed by atoms with Crippen LogP contribution in [-0.2, 0) is 13.0 Å². The Hall–Kier alpha value is -2.54. The number of aryl methyl sites for hydroxylation is 1. The largest absolute Gasteiger partial charge is 0.322 e. The van der Waals surface area contributed by atoms with Gasteiger partial charge in [0.15, 0.2) is 5.82 Å². The first-order chi connectivity index (χ1) is 16.5. The minimum absolute atomic E-state index is 0.0117. The van der Waals surface area contributed by atoms with E-state index in [2.05, 4.69) is 69.1 Å². The van der Waals surface area contributed by atoms with Gasteiger partial charge in [-0.05, 0) is 77.6 Å². The van der Waals surface area contributed by atoms with Crippen LogP contribution in [0, 0.1) is 5.92 Å². The summed E-state index contributed by atoms with van der Waals surface area (Å²) >= 11 is 0. The van der Waals surface area contributed by atoms with Crippen molar-refractivity contribution < 1.29 is 0 Å². The van der Waals surface area contributed by atoms with Crippen molar-refractivity contribution in [2.75, 3.05) is 0 Å². The summed E-state index contributed by atoms with van der Waals surface area (Å²) in [6, 6.07) is 9.35. The van der Waals surface area contributed by atoms with E-state index in [-0.39, 0.29) is 11.6 Å². The number of H-pyrrole nitrogens is 1. The average Bonchev–Trinajstić information content (AvgIpc) is 3.61. The number of tetrazole rings is 1. The number of nitrogens with one attached hydrogen (secondary N) is 1. The van der Waals surface area contributed by atoms with Crippen LogP contribution < -0.4 is 5.56 Å². The van der Waals surface area contributed by atoms with Gasteiger partial charge in [0, 0.05) is 23.7 Å². The van der Waals surface area contributed by atoms with Crippen LogP contribution in [0.4, 0.5) is 0 Å². The second kappa shape index (κ2) is 9.98. The summed E-state index contributed by atoms with van der Waals surface area (Å²) in [6.45, 7) is 7.31. The number of hydrogen-bond acceptors (Lipinski definition) is 5. The number of hydrogen-bond donors (Lipinski definition) is 1. The van der Waals surface area contributed by atoms with Gasteiger partial charge in [-0.3, -0.25) is 9.69 Å². The second-order valence-electron chi connectivity index (χ2n) is 10.6. The highest BCUT2D eigenvalue weighted by atomic mass is 16.1. The van der Waals surface area contributed by atoms with Crippen LogP contribution in [-0.4, -0.2) is 36.1 Å². The molecule has 2 aromatic heterocycles. The lowest BCUT2D eigenvalue weighted by Crippen LogP contribution is -2.41. The first kappa shape index (κ1) is 23.2. The van der Waals surface area contributed by atoms with Gasteiger partial charge in [0.1, 0.15) is 0 Å². The van der Waals surface area contributed by atoms with Crippen LogP contribution in [0.25, 0.3) is 10.9 Å². The molecule has 0 spiro atoms. The van der Waals surface area contributed by atoms with E-state index < -0.39 is 0 Å². The molecule has 0 saturated heterocycles. The van der Waals surface area contributed by atoms with Gasteiger partial charge in [-0.1, -0.05) is 52.5 Å². The highest BCUT2D eigenvalue weighted by molar-refractivity contribution is 5.79. The predicted octanol–water partition coefficient (Wildman–Crippen LogP) is 5.33. The molecule has 1 atom stereocenters. The van der Waals surface area contributed by atoms with Crippen molar-refractivity contribution in [3.63, 3.8) is 0 Å². The van der Waals surface area contributed by atoms with E-state index in [9.17, 15) is 4.79 Å². The molecule has 0 bridgehead atoms. The Bertz CT molecular complexity index is 1170. The van der Waals surface area contributed by atoms with Gasteiger partial charge in [0.25, 0.3) is 5.56 Å². The van der Waals surface area contributed by atoms with Gasteiger partial charge in [0.05, 0.1) is 12.1 Å². The monoisotopic (exact) mass is 462 g/mol. The van der Waals surface area contributed by atoms with Crippen molar-refractivity contribution in [2.45, 2.75) is 103 Å². The fourth-order valence-electron chi connectivity index (χ4n) is 6.16. The van der Waals surface area contributed by atoms with Crippen molar-refractivity contribution in [3.8, 4) is 0 Å². The summed E-state index contributed by atoms with van der Waals surface area (Å²) in [7, 11) is 0. The molecule has 3 aromatic rings. The van der Waals surface area contributed by atoms with Crippen LogP contribution in [0.1, 0.15) is 101 Å². The normalized spacial score (nSPS) is 18.6. The van der Waals surface area contributed by atoms with Crippen LogP contribution in [0.5, 0.6) is 0 Å². The number of benzene rings is 1. The average molecular weight is 463 g/mol. The molecular formula is C27H38N6O. The topological polar surface area (TPSA) is 79.7 Å². The fraction of sp³-hybridized carbons (Fsp3) is 0.630. The minimum atomic E-state index is 0.0117. The van der Waals surface area contributed by atoms with Crippen molar-refractivity contribution in [1.29, 1.82) is 0 Å². The molecule has 1 N–H and O–H groups in total. The summed E-state index contributed by atoms with van der Waals surface area (Å²) in [4.78, 5) is 18.9. The first-order valence-corrected chi connectivity index (χ1v) is 13.2. The Morgan fingerprint density at radius 1 is 1.09 bits per heavy atom. The zero-order valence-electron chi connectivity index (χ0n) is 20.8. The Kier molecular flexibility index (Phi) is 6.82. The number of pyridine rings is 1. The maximum absolute atomic E-state index is 13.2. The van der Waals surface area contributed by atoms with Crippen molar-refractivity contribution in [3.05, 3.63) is 51.6 Å². The lowest BCUT2D eigenvalue weighted by Gasteiger charge is -2.38. The zero-order chi connectivity index (χ0) is 23.7. The molecule has 5 rings (SSSR count). The van der Waals surface area contributed by atoms with E-state index in [1.165, 1.54) is 44.1 Å². The molecule has 1 aromatic carbocycles. The van der Waals surface area contributed by atoms with E-state index in [1.807, 2.05) is 6.07 Å². The summed E-state index contributed by atoms with van der Waals surface area (Å²) in [5, 5.41) is 14.3. The zero-order valence-corrected chi connectivity index (χ0v) is 20.8.